The highest BCUT2D eigenvalue weighted by atomic mass is 15.2. The van der Waals surface area contributed by atoms with Gasteiger partial charge in [-0.3, -0.25) is 19.8 Å². The van der Waals surface area contributed by atoms with Crippen LogP contribution < -0.4 is 0 Å². The summed E-state index contributed by atoms with van der Waals surface area (Å²) < 4.78 is 0. The zero-order valence-corrected chi connectivity index (χ0v) is 27.3. The summed E-state index contributed by atoms with van der Waals surface area (Å²) in [6, 6.07) is 18.2. The highest BCUT2D eigenvalue weighted by molar-refractivity contribution is 5.66. The van der Waals surface area contributed by atoms with Crippen molar-refractivity contribution in [1.29, 1.82) is 0 Å². The predicted octanol–water partition coefficient (Wildman–Crippen LogP) is 7.95. The van der Waals surface area contributed by atoms with Gasteiger partial charge in [-0.05, 0) is 105 Å². The first-order valence-electron chi connectivity index (χ1n) is 15.2. The first-order valence-corrected chi connectivity index (χ1v) is 15.2. The molecule has 0 amide bonds. The smallest absolute Gasteiger partial charge is 0.0837 e. The molecule has 2 atom stereocenters. The van der Waals surface area contributed by atoms with Crippen molar-refractivity contribution in [3.63, 3.8) is 0 Å². The van der Waals surface area contributed by atoms with Gasteiger partial charge in [-0.1, -0.05) is 48.5 Å². The molecule has 0 N–H and O–H groups in total. The lowest BCUT2D eigenvalue weighted by molar-refractivity contribution is 0.0571. The lowest BCUT2D eigenvalue weighted by Gasteiger charge is -2.48. The minimum atomic E-state index is 0.0516. The molecule has 0 unspecified atom stereocenters. The molecule has 2 bridgehead atoms. The molecule has 3 aliphatic rings. The quantitative estimate of drug-likeness (QED) is 0.347. The van der Waals surface area contributed by atoms with Crippen molar-refractivity contribution in [1.82, 2.24) is 9.80 Å². The Bertz CT molecular complexity index is 1060. The maximum Gasteiger partial charge on any atom is 0.0837 e. The third kappa shape index (κ3) is 6.14. The Labute approximate surface area is 245 Å². The Morgan fingerprint density at radius 2 is 0.750 bits per heavy atom. The van der Waals surface area contributed by atoms with E-state index in [0.717, 1.165) is 13.1 Å². The molecular formula is C36H54N4. The second kappa shape index (κ2) is 10.8. The van der Waals surface area contributed by atoms with Crippen LogP contribution >= 0.6 is 0 Å². The highest BCUT2D eigenvalue weighted by Gasteiger charge is 2.49. The fourth-order valence-electron chi connectivity index (χ4n) is 7.58. The van der Waals surface area contributed by atoms with Crippen LogP contribution in [-0.2, 0) is 0 Å². The predicted molar refractivity (Wildman–Crippen MR) is 174 cm³/mol. The van der Waals surface area contributed by atoms with Gasteiger partial charge >= 0.3 is 0 Å². The third-order valence-electron chi connectivity index (χ3n) is 8.69. The number of rotatable bonds is 6. The molecule has 4 nitrogen and oxygen atoms in total. The monoisotopic (exact) mass is 542 g/mol. The fourth-order valence-corrected chi connectivity index (χ4v) is 7.58. The van der Waals surface area contributed by atoms with E-state index in [4.69, 9.17) is 9.98 Å². The largest absolute Gasteiger partial charge is 0.290 e. The van der Waals surface area contributed by atoms with Gasteiger partial charge in [-0.25, -0.2) is 0 Å². The number of hydrogen-bond donors (Lipinski definition) is 0. The highest BCUT2D eigenvalue weighted by Crippen LogP contribution is 2.54. The molecule has 0 spiro atoms. The lowest BCUT2D eigenvalue weighted by atomic mass is 9.59. The molecular weight excluding hydrogens is 488 g/mol. The molecule has 0 radical (unpaired) electrons. The van der Waals surface area contributed by atoms with Crippen LogP contribution in [0.4, 0.5) is 0 Å². The Kier molecular flexibility index (Phi) is 8.30. The van der Waals surface area contributed by atoms with E-state index >= 15 is 0 Å². The van der Waals surface area contributed by atoms with Gasteiger partial charge in [0.05, 0.1) is 12.1 Å². The average Bonchev–Trinajstić information content (AvgIpc) is 2.81. The van der Waals surface area contributed by atoms with Crippen LogP contribution in [0.25, 0.3) is 0 Å². The SMILES string of the molecule is CC(C)(C)N(CC=N[C@@H]1C2c3ccccc3C(c3ccccc32)[C@H]1N=CCN(C(C)(C)C)C(C)(C)C)C(C)(C)C. The summed E-state index contributed by atoms with van der Waals surface area (Å²) in [7, 11) is 0. The van der Waals surface area contributed by atoms with Crippen LogP contribution in [0.3, 0.4) is 0 Å². The van der Waals surface area contributed by atoms with Crippen molar-refractivity contribution in [2.24, 2.45) is 9.98 Å². The van der Waals surface area contributed by atoms with Gasteiger partial charge in [0, 0.05) is 59.5 Å². The van der Waals surface area contributed by atoms with Crippen LogP contribution in [0.2, 0.25) is 0 Å². The molecule has 2 aromatic carbocycles. The normalized spacial score (nSPS) is 23.4. The van der Waals surface area contributed by atoms with Gasteiger partial charge in [0.25, 0.3) is 0 Å². The first kappa shape index (κ1) is 30.7. The van der Waals surface area contributed by atoms with Crippen molar-refractivity contribution in [3.05, 3.63) is 70.8 Å². The molecule has 0 heterocycles. The summed E-state index contributed by atoms with van der Waals surface area (Å²) in [5.41, 5.74) is 5.91. The minimum absolute atomic E-state index is 0.0516. The molecule has 2 aromatic rings. The van der Waals surface area contributed by atoms with Crippen LogP contribution in [-0.4, -0.2) is 69.6 Å². The Hall–Kier alpha value is -2.30. The summed E-state index contributed by atoms with van der Waals surface area (Å²) in [5, 5.41) is 0. The molecule has 0 saturated carbocycles. The van der Waals surface area contributed by atoms with E-state index in [1.54, 1.807) is 0 Å². The summed E-state index contributed by atoms with van der Waals surface area (Å²) in [5.74, 6) is 0.435. The number of fused-ring (bicyclic) bond motifs is 1. The van der Waals surface area contributed by atoms with Crippen molar-refractivity contribution in [2.45, 2.75) is 129 Å². The van der Waals surface area contributed by atoms with E-state index in [0.29, 0.717) is 0 Å². The number of hydrogen-bond acceptors (Lipinski definition) is 4. The van der Waals surface area contributed by atoms with Gasteiger partial charge < -0.3 is 0 Å². The van der Waals surface area contributed by atoms with Gasteiger partial charge in [0.1, 0.15) is 0 Å². The topological polar surface area (TPSA) is 31.2 Å². The van der Waals surface area contributed by atoms with Crippen molar-refractivity contribution < 1.29 is 0 Å². The van der Waals surface area contributed by atoms with E-state index in [-0.39, 0.29) is 46.1 Å². The zero-order chi connectivity index (χ0) is 29.7. The summed E-state index contributed by atoms with van der Waals surface area (Å²) in [4.78, 5) is 15.9. The maximum absolute atomic E-state index is 5.41. The molecule has 0 fully saturated rings. The average molecular weight is 543 g/mol. The minimum Gasteiger partial charge on any atom is -0.290 e. The fraction of sp³-hybridized carbons (Fsp3) is 0.611. The van der Waals surface area contributed by atoms with Crippen LogP contribution in [0.15, 0.2) is 58.5 Å². The molecule has 0 aliphatic heterocycles. The summed E-state index contributed by atoms with van der Waals surface area (Å²) in [6.07, 6.45) is 4.37. The van der Waals surface area contributed by atoms with Crippen LogP contribution in [0.1, 0.15) is 117 Å². The first-order chi connectivity index (χ1) is 18.4. The van der Waals surface area contributed by atoms with Gasteiger partial charge in [-0.2, -0.15) is 0 Å². The molecule has 3 aliphatic carbocycles. The second-order valence-corrected chi connectivity index (χ2v) is 15.8. The van der Waals surface area contributed by atoms with Crippen molar-refractivity contribution >= 4 is 12.4 Å². The second-order valence-electron chi connectivity index (χ2n) is 15.8. The Balaban J connectivity index is 1.76. The molecule has 4 heteroatoms. The lowest BCUT2D eigenvalue weighted by Crippen LogP contribution is -2.53. The van der Waals surface area contributed by atoms with Crippen molar-refractivity contribution in [3.8, 4) is 0 Å². The zero-order valence-electron chi connectivity index (χ0n) is 27.3. The number of benzene rings is 2. The van der Waals surface area contributed by atoms with E-state index in [2.05, 4.69) is 154 Å². The van der Waals surface area contributed by atoms with Crippen molar-refractivity contribution in [2.75, 3.05) is 13.1 Å². The molecule has 218 valence electrons. The van der Waals surface area contributed by atoms with E-state index < -0.39 is 0 Å². The van der Waals surface area contributed by atoms with E-state index in [1.807, 2.05) is 0 Å². The van der Waals surface area contributed by atoms with Crippen LogP contribution in [0, 0.1) is 0 Å². The molecule has 0 saturated heterocycles. The molecule has 5 rings (SSSR count). The Morgan fingerprint density at radius 1 is 0.500 bits per heavy atom. The standard InChI is InChI=1S/C36H54N4/c1-33(2,3)39(34(4,5)6)23-21-37-31-29-25-17-13-15-19-27(25)30(28-20-16-14-18-26(28)29)32(31)38-22-24-40(35(7,8)9)36(10,11)12/h13-22,29-32H,23-24H2,1-12H3/t29?,30?,31-,32-/m1/s1. The number of nitrogens with zero attached hydrogens (tertiary/aromatic N) is 4. The molecule has 0 aromatic heterocycles. The Morgan fingerprint density at radius 3 is 0.975 bits per heavy atom. The summed E-state index contributed by atoms with van der Waals surface area (Å²) in [6.45, 7) is 29.2. The van der Waals surface area contributed by atoms with E-state index in [9.17, 15) is 0 Å². The maximum atomic E-state index is 5.41. The van der Waals surface area contributed by atoms with Gasteiger partial charge in [-0.15, -0.1) is 0 Å². The summed E-state index contributed by atoms with van der Waals surface area (Å²) >= 11 is 0. The molecule has 40 heavy (non-hydrogen) atoms. The van der Waals surface area contributed by atoms with Gasteiger partial charge in [0.2, 0.25) is 0 Å². The third-order valence-corrected chi connectivity index (χ3v) is 8.69. The number of aliphatic imine (C=N–C) groups is 2. The van der Waals surface area contributed by atoms with Gasteiger partial charge in [0.15, 0.2) is 0 Å². The van der Waals surface area contributed by atoms with Crippen LogP contribution in [0.5, 0.6) is 0 Å². The van der Waals surface area contributed by atoms with E-state index in [1.165, 1.54) is 22.3 Å².